The Morgan fingerprint density at radius 3 is 2.76 bits per heavy atom. The van der Waals surface area contributed by atoms with E-state index in [4.69, 9.17) is 5.73 Å². The lowest BCUT2D eigenvalue weighted by atomic mass is 10.2. The maximum Gasteiger partial charge on any atom is 0.406 e. The van der Waals surface area contributed by atoms with Gasteiger partial charge in [-0.15, -0.1) is 16.4 Å². The lowest BCUT2D eigenvalue weighted by molar-refractivity contribution is -0.141. The van der Waals surface area contributed by atoms with E-state index in [-0.39, 0.29) is 16.6 Å². The molecule has 0 bridgehead atoms. The van der Waals surface area contributed by atoms with Crippen molar-refractivity contribution in [2.45, 2.75) is 25.1 Å². The van der Waals surface area contributed by atoms with Gasteiger partial charge < -0.3 is 10.6 Å². The van der Waals surface area contributed by atoms with E-state index in [1.807, 2.05) is 0 Å². The zero-order chi connectivity index (χ0) is 15.2. The van der Waals surface area contributed by atoms with Gasteiger partial charge in [-0.25, -0.2) is 0 Å². The van der Waals surface area contributed by atoms with Crippen LogP contribution in [-0.2, 0) is 0 Å². The molecule has 0 saturated heterocycles. The van der Waals surface area contributed by atoms with E-state index in [9.17, 15) is 18.0 Å². The number of carbonyl (C=O) groups is 1. The number of halogens is 3. The van der Waals surface area contributed by atoms with Crippen LogP contribution in [0.15, 0.2) is 12.3 Å². The molecule has 2 heterocycles. The number of rotatable bonds is 3. The van der Waals surface area contributed by atoms with E-state index in [0.29, 0.717) is 23.1 Å². The topological polar surface area (TPSA) is 72.1 Å². The molecular formula is C12H11F3N4OS. The Balaban J connectivity index is 1.96. The molecule has 1 aliphatic carbocycles. The summed E-state index contributed by atoms with van der Waals surface area (Å²) >= 11 is 0.974. The monoisotopic (exact) mass is 316 g/mol. The van der Waals surface area contributed by atoms with Crippen LogP contribution in [0.5, 0.6) is 0 Å². The SMILES string of the molecule is Nc1c(C(=O)N(CC(F)(F)F)C2CC2)sc2nnccc12. The number of hydrogen-bond acceptors (Lipinski definition) is 5. The molecule has 0 radical (unpaired) electrons. The molecule has 2 N–H and O–H groups in total. The van der Waals surface area contributed by atoms with Crippen molar-refractivity contribution in [3.63, 3.8) is 0 Å². The average Bonchev–Trinajstić information content (AvgIpc) is 3.20. The molecule has 5 nitrogen and oxygen atoms in total. The van der Waals surface area contributed by atoms with Crippen LogP contribution >= 0.6 is 11.3 Å². The standard InChI is InChI=1S/C12H11F3N4OS/c13-12(14,15)5-19(6-1-2-6)11(20)9-8(16)7-3-4-17-18-10(7)21-9/h3-4,6H,1-2,5,16H2. The van der Waals surface area contributed by atoms with Crippen LogP contribution < -0.4 is 5.73 Å². The number of alkyl halides is 3. The van der Waals surface area contributed by atoms with E-state index in [1.165, 1.54) is 6.20 Å². The second-order valence-electron chi connectivity index (χ2n) is 4.87. The molecule has 0 aliphatic heterocycles. The van der Waals surface area contributed by atoms with Crippen molar-refractivity contribution in [1.29, 1.82) is 0 Å². The molecular weight excluding hydrogens is 305 g/mol. The summed E-state index contributed by atoms with van der Waals surface area (Å²) in [5, 5.41) is 8.06. The number of anilines is 1. The molecule has 1 aliphatic rings. The van der Waals surface area contributed by atoms with E-state index in [1.54, 1.807) is 6.07 Å². The lowest BCUT2D eigenvalue weighted by Gasteiger charge is -2.23. The molecule has 1 fully saturated rings. The molecule has 9 heteroatoms. The Labute approximate surface area is 121 Å². The lowest BCUT2D eigenvalue weighted by Crippen LogP contribution is -2.40. The zero-order valence-corrected chi connectivity index (χ0v) is 11.5. The third-order valence-electron chi connectivity index (χ3n) is 3.21. The summed E-state index contributed by atoms with van der Waals surface area (Å²) in [5.41, 5.74) is 6.05. The Morgan fingerprint density at radius 2 is 2.19 bits per heavy atom. The summed E-state index contributed by atoms with van der Waals surface area (Å²) in [6.07, 6.45) is -1.82. The molecule has 3 rings (SSSR count). The van der Waals surface area contributed by atoms with Gasteiger partial charge >= 0.3 is 6.18 Å². The zero-order valence-electron chi connectivity index (χ0n) is 10.7. The Bertz CT molecular complexity index is 695. The highest BCUT2D eigenvalue weighted by molar-refractivity contribution is 7.21. The fraction of sp³-hybridized carbons (Fsp3) is 0.417. The van der Waals surface area contributed by atoms with Crippen molar-refractivity contribution in [2.24, 2.45) is 0 Å². The molecule has 112 valence electrons. The van der Waals surface area contributed by atoms with Gasteiger partial charge in [-0.1, -0.05) is 0 Å². The second-order valence-corrected chi connectivity index (χ2v) is 5.87. The first-order chi connectivity index (χ1) is 9.87. The predicted molar refractivity (Wildman–Crippen MR) is 71.9 cm³/mol. The number of aromatic nitrogens is 2. The fourth-order valence-electron chi connectivity index (χ4n) is 2.11. The highest BCUT2D eigenvalue weighted by Crippen LogP contribution is 2.36. The van der Waals surface area contributed by atoms with Crippen molar-refractivity contribution >= 4 is 33.1 Å². The van der Waals surface area contributed by atoms with Crippen LogP contribution in [-0.4, -0.2) is 39.8 Å². The van der Waals surface area contributed by atoms with Crippen LogP contribution in [0, 0.1) is 0 Å². The van der Waals surface area contributed by atoms with Gasteiger partial charge in [-0.05, 0) is 18.9 Å². The van der Waals surface area contributed by atoms with Crippen molar-refractivity contribution < 1.29 is 18.0 Å². The maximum absolute atomic E-state index is 12.6. The van der Waals surface area contributed by atoms with Crippen molar-refractivity contribution in [1.82, 2.24) is 15.1 Å². The summed E-state index contributed by atoms with van der Waals surface area (Å²) in [5.74, 6) is -0.685. The minimum atomic E-state index is -4.43. The second kappa shape index (κ2) is 4.83. The Morgan fingerprint density at radius 1 is 1.48 bits per heavy atom. The van der Waals surface area contributed by atoms with Crippen LogP contribution in [0.1, 0.15) is 22.5 Å². The molecule has 0 aromatic carbocycles. The number of carbonyl (C=O) groups excluding carboxylic acids is 1. The summed E-state index contributed by atoms with van der Waals surface area (Å²) < 4.78 is 37.9. The number of fused-ring (bicyclic) bond motifs is 1. The van der Waals surface area contributed by atoms with Gasteiger partial charge in [0.05, 0.1) is 11.9 Å². The first-order valence-electron chi connectivity index (χ1n) is 6.24. The number of thiophene rings is 1. The van der Waals surface area contributed by atoms with Crippen LogP contribution in [0.3, 0.4) is 0 Å². The van der Waals surface area contributed by atoms with E-state index in [2.05, 4.69) is 10.2 Å². The van der Waals surface area contributed by atoms with Gasteiger partial charge in [0.1, 0.15) is 16.3 Å². The van der Waals surface area contributed by atoms with E-state index < -0.39 is 18.6 Å². The third-order valence-corrected chi connectivity index (χ3v) is 4.31. The molecule has 0 unspecified atom stereocenters. The summed E-state index contributed by atoms with van der Waals surface area (Å²) in [7, 11) is 0. The van der Waals surface area contributed by atoms with Gasteiger partial charge in [0.15, 0.2) is 0 Å². The van der Waals surface area contributed by atoms with Crippen molar-refractivity contribution in [3.8, 4) is 0 Å². The predicted octanol–water partition coefficient (Wildman–Crippen LogP) is 2.44. The normalized spacial score (nSPS) is 15.4. The molecule has 1 saturated carbocycles. The molecule has 0 atom stereocenters. The largest absolute Gasteiger partial charge is 0.406 e. The molecule has 2 aromatic heterocycles. The number of nitrogen functional groups attached to an aromatic ring is 1. The van der Waals surface area contributed by atoms with E-state index >= 15 is 0 Å². The minimum absolute atomic E-state index is 0.0987. The Kier molecular flexibility index (Phi) is 3.23. The first-order valence-corrected chi connectivity index (χ1v) is 7.06. The van der Waals surface area contributed by atoms with Gasteiger partial charge in [0, 0.05) is 11.4 Å². The van der Waals surface area contributed by atoms with Gasteiger partial charge in [0.2, 0.25) is 0 Å². The minimum Gasteiger partial charge on any atom is -0.397 e. The number of nitrogens with two attached hydrogens (primary N) is 1. The fourth-order valence-corrected chi connectivity index (χ4v) is 3.10. The van der Waals surface area contributed by atoms with Gasteiger partial charge in [0.25, 0.3) is 5.91 Å². The molecule has 0 spiro atoms. The number of hydrogen-bond donors (Lipinski definition) is 1. The maximum atomic E-state index is 12.6. The number of amides is 1. The van der Waals surface area contributed by atoms with Crippen molar-refractivity contribution in [3.05, 3.63) is 17.1 Å². The molecule has 2 aromatic rings. The molecule has 21 heavy (non-hydrogen) atoms. The third kappa shape index (κ3) is 2.78. The van der Waals surface area contributed by atoms with Gasteiger partial charge in [-0.3, -0.25) is 4.79 Å². The highest BCUT2D eigenvalue weighted by atomic mass is 32.1. The molecule has 1 amide bonds. The van der Waals surface area contributed by atoms with Gasteiger partial charge in [-0.2, -0.15) is 18.3 Å². The quantitative estimate of drug-likeness (QED) is 0.944. The highest BCUT2D eigenvalue weighted by Gasteiger charge is 2.41. The summed E-state index contributed by atoms with van der Waals surface area (Å²) in [6, 6.07) is 1.24. The Hall–Kier alpha value is -1.90. The number of nitrogens with zero attached hydrogens (tertiary/aromatic N) is 3. The average molecular weight is 316 g/mol. The first kappa shape index (κ1) is 14.1. The van der Waals surface area contributed by atoms with Crippen LogP contribution in [0.4, 0.5) is 18.9 Å². The summed E-state index contributed by atoms with van der Waals surface area (Å²) in [6.45, 7) is -1.25. The smallest absolute Gasteiger partial charge is 0.397 e. The van der Waals surface area contributed by atoms with Crippen LogP contribution in [0.25, 0.3) is 10.2 Å². The van der Waals surface area contributed by atoms with Crippen molar-refractivity contribution in [2.75, 3.05) is 12.3 Å². The summed E-state index contributed by atoms with van der Waals surface area (Å²) in [4.78, 5) is 13.8. The van der Waals surface area contributed by atoms with Crippen LogP contribution in [0.2, 0.25) is 0 Å². The van der Waals surface area contributed by atoms with E-state index in [0.717, 1.165) is 16.2 Å².